The second kappa shape index (κ2) is 4.99. The monoisotopic (exact) mass is 200 g/mol. The summed E-state index contributed by atoms with van der Waals surface area (Å²) in [6, 6.07) is 6.77. The first-order valence-corrected chi connectivity index (χ1v) is 5.19. The molecule has 1 unspecified atom stereocenters. The Morgan fingerprint density at radius 2 is 2.15 bits per heavy atom. The second-order valence-electron chi connectivity index (χ2n) is 2.54. The van der Waals surface area contributed by atoms with Gasteiger partial charge >= 0.3 is 0 Å². The van der Waals surface area contributed by atoms with E-state index >= 15 is 0 Å². The summed E-state index contributed by atoms with van der Waals surface area (Å²) in [4.78, 5) is 0.330. The minimum Gasteiger partial charge on any atom is -0.492 e. The first-order valence-electron chi connectivity index (χ1n) is 4.08. The fourth-order valence-corrected chi connectivity index (χ4v) is 1.42. The van der Waals surface area contributed by atoms with E-state index in [1.807, 2.05) is 6.92 Å². The Labute approximate surface area is 80.0 Å². The molecule has 0 aliphatic heterocycles. The standard InChI is InChI=1S/C9H12O3S/c1-2-7-12-8-5-3-4-6-9(8)13(10)11/h3-6H,2,7H2,1H3,(H,10,11). The van der Waals surface area contributed by atoms with Gasteiger partial charge in [0.15, 0.2) is 11.1 Å². The van der Waals surface area contributed by atoms with Crippen LogP contribution in [0.15, 0.2) is 29.2 Å². The number of hydrogen-bond acceptors (Lipinski definition) is 2. The summed E-state index contributed by atoms with van der Waals surface area (Å²) in [7, 11) is 0. The molecule has 0 bridgehead atoms. The smallest absolute Gasteiger partial charge is 0.190 e. The number of rotatable bonds is 4. The fourth-order valence-electron chi connectivity index (χ4n) is 0.926. The molecule has 1 rings (SSSR count). The van der Waals surface area contributed by atoms with Crippen LogP contribution < -0.4 is 4.74 Å². The molecule has 0 aromatic heterocycles. The van der Waals surface area contributed by atoms with Crippen molar-refractivity contribution in [1.29, 1.82) is 0 Å². The maximum absolute atomic E-state index is 10.8. The van der Waals surface area contributed by atoms with Crippen molar-refractivity contribution in [2.45, 2.75) is 18.2 Å². The van der Waals surface area contributed by atoms with Crippen LogP contribution in [0.3, 0.4) is 0 Å². The Bertz CT molecular complexity index is 299. The summed E-state index contributed by atoms with van der Waals surface area (Å²) in [6.45, 7) is 2.55. The Hall–Kier alpha value is -0.870. The van der Waals surface area contributed by atoms with Crippen LogP contribution in [0.4, 0.5) is 0 Å². The molecule has 1 aromatic rings. The van der Waals surface area contributed by atoms with Gasteiger partial charge in [0.25, 0.3) is 0 Å². The first kappa shape index (κ1) is 10.2. The van der Waals surface area contributed by atoms with Gasteiger partial charge in [-0.2, -0.15) is 0 Å². The van der Waals surface area contributed by atoms with Gasteiger partial charge in [0.2, 0.25) is 0 Å². The lowest BCUT2D eigenvalue weighted by Gasteiger charge is -2.06. The third-order valence-corrected chi connectivity index (χ3v) is 2.21. The number of hydrogen-bond donors (Lipinski definition) is 1. The minimum atomic E-state index is -1.97. The van der Waals surface area contributed by atoms with Gasteiger partial charge in [-0.05, 0) is 18.6 Å². The van der Waals surface area contributed by atoms with Crippen LogP contribution in [-0.4, -0.2) is 15.4 Å². The van der Waals surface area contributed by atoms with Gasteiger partial charge in [-0.25, -0.2) is 4.21 Å². The quantitative estimate of drug-likeness (QED) is 0.757. The van der Waals surface area contributed by atoms with Gasteiger partial charge < -0.3 is 9.29 Å². The van der Waals surface area contributed by atoms with E-state index in [2.05, 4.69) is 0 Å². The van der Waals surface area contributed by atoms with Gasteiger partial charge in [0.05, 0.1) is 6.61 Å². The Kier molecular flexibility index (Phi) is 3.92. The van der Waals surface area contributed by atoms with Crippen molar-refractivity contribution in [2.75, 3.05) is 6.61 Å². The predicted molar refractivity (Wildman–Crippen MR) is 51.3 cm³/mol. The van der Waals surface area contributed by atoms with Gasteiger partial charge in [-0.3, -0.25) is 0 Å². The van der Waals surface area contributed by atoms with E-state index in [1.54, 1.807) is 24.3 Å². The maximum atomic E-state index is 10.8. The Morgan fingerprint density at radius 1 is 1.46 bits per heavy atom. The van der Waals surface area contributed by atoms with Crippen molar-refractivity contribution in [3.05, 3.63) is 24.3 Å². The first-order chi connectivity index (χ1) is 6.25. The van der Waals surface area contributed by atoms with E-state index in [1.165, 1.54) is 0 Å². The molecule has 0 amide bonds. The van der Waals surface area contributed by atoms with Crippen LogP contribution in [0.25, 0.3) is 0 Å². The molecule has 0 saturated heterocycles. The molecule has 0 heterocycles. The van der Waals surface area contributed by atoms with Crippen LogP contribution in [-0.2, 0) is 11.1 Å². The molecule has 0 aliphatic rings. The SMILES string of the molecule is CCCOc1ccccc1S(=O)O. The summed E-state index contributed by atoms with van der Waals surface area (Å²) in [5.74, 6) is 0.491. The van der Waals surface area contributed by atoms with Crippen molar-refractivity contribution in [1.82, 2.24) is 0 Å². The Morgan fingerprint density at radius 3 is 2.77 bits per heavy atom. The number of para-hydroxylation sites is 1. The van der Waals surface area contributed by atoms with E-state index in [9.17, 15) is 4.21 Å². The summed E-state index contributed by atoms with van der Waals surface area (Å²) in [5, 5.41) is 0. The lowest BCUT2D eigenvalue weighted by Crippen LogP contribution is -1.99. The largest absolute Gasteiger partial charge is 0.492 e. The zero-order chi connectivity index (χ0) is 9.68. The maximum Gasteiger partial charge on any atom is 0.190 e. The zero-order valence-electron chi connectivity index (χ0n) is 7.40. The third kappa shape index (κ3) is 2.82. The molecular weight excluding hydrogens is 188 g/mol. The topological polar surface area (TPSA) is 46.5 Å². The van der Waals surface area contributed by atoms with Crippen LogP contribution in [0, 0.1) is 0 Å². The highest BCUT2D eigenvalue weighted by molar-refractivity contribution is 7.79. The fraction of sp³-hybridized carbons (Fsp3) is 0.333. The van der Waals surface area contributed by atoms with Crippen molar-refractivity contribution in [3.8, 4) is 5.75 Å². The predicted octanol–water partition coefficient (Wildman–Crippen LogP) is 2.06. The van der Waals surface area contributed by atoms with E-state index in [0.717, 1.165) is 6.42 Å². The van der Waals surface area contributed by atoms with Crippen LogP contribution in [0.5, 0.6) is 5.75 Å². The lowest BCUT2D eigenvalue weighted by molar-refractivity contribution is 0.309. The average Bonchev–Trinajstić information content (AvgIpc) is 2.15. The zero-order valence-corrected chi connectivity index (χ0v) is 8.21. The molecule has 0 saturated carbocycles. The molecule has 0 aliphatic carbocycles. The van der Waals surface area contributed by atoms with Crippen LogP contribution in [0.1, 0.15) is 13.3 Å². The third-order valence-electron chi connectivity index (χ3n) is 1.50. The van der Waals surface area contributed by atoms with Gasteiger partial charge in [-0.15, -0.1) is 0 Å². The normalized spacial score (nSPS) is 12.5. The molecule has 0 radical (unpaired) electrons. The molecule has 1 N–H and O–H groups in total. The van der Waals surface area contributed by atoms with Crippen molar-refractivity contribution in [3.63, 3.8) is 0 Å². The minimum absolute atomic E-state index is 0.330. The molecule has 0 spiro atoms. The highest BCUT2D eigenvalue weighted by Gasteiger charge is 2.06. The van der Waals surface area contributed by atoms with E-state index < -0.39 is 11.1 Å². The summed E-state index contributed by atoms with van der Waals surface area (Å²) < 4.78 is 25.0. The van der Waals surface area contributed by atoms with Crippen LogP contribution >= 0.6 is 0 Å². The molecule has 1 atom stereocenters. The van der Waals surface area contributed by atoms with E-state index in [-0.39, 0.29) is 0 Å². The van der Waals surface area contributed by atoms with E-state index in [0.29, 0.717) is 17.3 Å². The van der Waals surface area contributed by atoms with Crippen molar-refractivity contribution in [2.24, 2.45) is 0 Å². The van der Waals surface area contributed by atoms with Crippen molar-refractivity contribution < 1.29 is 13.5 Å². The molecule has 1 aromatic carbocycles. The lowest BCUT2D eigenvalue weighted by atomic mass is 10.3. The highest BCUT2D eigenvalue weighted by atomic mass is 32.2. The summed E-state index contributed by atoms with van der Waals surface area (Å²) in [6.07, 6.45) is 0.881. The van der Waals surface area contributed by atoms with Crippen LogP contribution in [0.2, 0.25) is 0 Å². The highest BCUT2D eigenvalue weighted by Crippen LogP contribution is 2.20. The summed E-state index contributed by atoms with van der Waals surface area (Å²) in [5.41, 5.74) is 0. The van der Waals surface area contributed by atoms with E-state index in [4.69, 9.17) is 9.29 Å². The number of benzene rings is 1. The average molecular weight is 200 g/mol. The van der Waals surface area contributed by atoms with Gasteiger partial charge in [-0.1, -0.05) is 19.1 Å². The van der Waals surface area contributed by atoms with Gasteiger partial charge in [0.1, 0.15) is 10.6 Å². The van der Waals surface area contributed by atoms with Crippen molar-refractivity contribution >= 4 is 11.1 Å². The summed E-state index contributed by atoms with van der Waals surface area (Å²) >= 11 is -1.97. The molecule has 4 heteroatoms. The molecule has 3 nitrogen and oxygen atoms in total. The molecular formula is C9H12O3S. The van der Waals surface area contributed by atoms with Gasteiger partial charge in [0, 0.05) is 0 Å². The number of ether oxygens (including phenoxy) is 1. The Balaban J connectivity index is 2.84. The molecule has 0 fully saturated rings. The molecule has 13 heavy (non-hydrogen) atoms. The molecule has 72 valence electrons. The second-order valence-corrected chi connectivity index (χ2v) is 3.48.